The molecule has 1 atom stereocenters. The zero-order valence-corrected chi connectivity index (χ0v) is 12.5. The minimum Gasteiger partial charge on any atom is -0.306 e. The third-order valence-electron chi connectivity index (χ3n) is 3.26. The van der Waals surface area contributed by atoms with Crippen molar-refractivity contribution in [2.24, 2.45) is 0 Å². The molecule has 0 aliphatic rings. The van der Waals surface area contributed by atoms with Gasteiger partial charge in [0.1, 0.15) is 0 Å². The van der Waals surface area contributed by atoms with Crippen molar-refractivity contribution >= 4 is 9.84 Å². The van der Waals surface area contributed by atoms with Crippen molar-refractivity contribution in [1.29, 1.82) is 0 Å². The lowest BCUT2D eigenvalue weighted by molar-refractivity contribution is 0.574. The maximum absolute atomic E-state index is 11.4. The van der Waals surface area contributed by atoms with E-state index in [-0.39, 0.29) is 6.04 Å². The molecule has 2 rings (SSSR count). The highest BCUT2D eigenvalue weighted by atomic mass is 32.2. The van der Waals surface area contributed by atoms with Crippen molar-refractivity contribution in [1.82, 2.24) is 5.32 Å². The van der Waals surface area contributed by atoms with E-state index in [1.54, 1.807) is 12.1 Å². The smallest absolute Gasteiger partial charge is 0.175 e. The second-order valence-corrected chi connectivity index (χ2v) is 6.95. The van der Waals surface area contributed by atoms with Gasteiger partial charge in [0.2, 0.25) is 0 Å². The first kappa shape index (κ1) is 14.8. The van der Waals surface area contributed by atoms with Crippen LogP contribution in [0.4, 0.5) is 0 Å². The minimum absolute atomic E-state index is 0.170. The zero-order chi connectivity index (χ0) is 14.6. The maximum atomic E-state index is 11.4. The van der Waals surface area contributed by atoms with Crippen LogP contribution in [0.25, 0.3) is 0 Å². The maximum Gasteiger partial charge on any atom is 0.175 e. The van der Waals surface area contributed by atoms with E-state index in [4.69, 9.17) is 0 Å². The van der Waals surface area contributed by atoms with Crippen LogP contribution in [0.3, 0.4) is 0 Å². The van der Waals surface area contributed by atoms with E-state index in [9.17, 15) is 8.42 Å². The second-order valence-electron chi connectivity index (χ2n) is 4.93. The van der Waals surface area contributed by atoms with Crippen LogP contribution < -0.4 is 5.32 Å². The van der Waals surface area contributed by atoms with Gasteiger partial charge in [0.15, 0.2) is 9.84 Å². The van der Waals surface area contributed by atoms with Gasteiger partial charge < -0.3 is 5.32 Å². The van der Waals surface area contributed by atoms with Gasteiger partial charge in [-0.25, -0.2) is 8.42 Å². The fourth-order valence-corrected chi connectivity index (χ4v) is 2.62. The van der Waals surface area contributed by atoms with Crippen molar-refractivity contribution in [3.05, 3.63) is 65.7 Å². The highest BCUT2D eigenvalue weighted by Gasteiger charge is 2.09. The van der Waals surface area contributed by atoms with Crippen molar-refractivity contribution in [3.8, 4) is 0 Å². The highest BCUT2D eigenvalue weighted by Crippen LogP contribution is 2.16. The summed E-state index contributed by atoms with van der Waals surface area (Å²) in [6.07, 6.45) is 1.22. The molecule has 2 aromatic rings. The Balaban J connectivity index is 2.01. The molecule has 0 radical (unpaired) electrons. The van der Waals surface area contributed by atoms with Gasteiger partial charge in [-0.2, -0.15) is 0 Å². The molecule has 106 valence electrons. The molecule has 0 spiro atoms. The fraction of sp³-hybridized carbons (Fsp3) is 0.250. The number of nitrogens with one attached hydrogen (secondary N) is 1. The summed E-state index contributed by atoms with van der Waals surface area (Å²) >= 11 is 0. The lowest BCUT2D eigenvalue weighted by Gasteiger charge is -2.14. The summed E-state index contributed by atoms with van der Waals surface area (Å²) in [5.74, 6) is 0. The van der Waals surface area contributed by atoms with Gasteiger partial charge in [0.25, 0.3) is 0 Å². The topological polar surface area (TPSA) is 46.2 Å². The summed E-state index contributed by atoms with van der Waals surface area (Å²) in [4.78, 5) is 0.358. The molecule has 20 heavy (non-hydrogen) atoms. The first-order valence-corrected chi connectivity index (χ1v) is 8.43. The summed E-state index contributed by atoms with van der Waals surface area (Å²) in [5.41, 5.74) is 2.31. The first-order chi connectivity index (χ1) is 9.47. The number of benzene rings is 2. The Labute approximate surface area is 120 Å². The summed E-state index contributed by atoms with van der Waals surface area (Å²) in [7, 11) is -3.12. The quantitative estimate of drug-likeness (QED) is 0.920. The van der Waals surface area contributed by atoms with E-state index in [2.05, 4.69) is 24.4 Å². The zero-order valence-electron chi connectivity index (χ0n) is 11.7. The molecule has 0 saturated carbocycles. The molecule has 0 aliphatic heterocycles. The molecule has 1 N–H and O–H groups in total. The van der Waals surface area contributed by atoms with E-state index in [1.807, 2.05) is 30.3 Å². The average molecular weight is 289 g/mol. The SMILES string of the molecule is CC(NCc1ccccc1)c1ccc(S(C)(=O)=O)cc1. The summed E-state index contributed by atoms with van der Waals surface area (Å²) in [6, 6.07) is 17.4. The summed E-state index contributed by atoms with van der Waals surface area (Å²) in [6.45, 7) is 2.86. The van der Waals surface area contributed by atoms with E-state index in [0.29, 0.717) is 4.90 Å². The molecule has 0 bridgehead atoms. The lowest BCUT2D eigenvalue weighted by atomic mass is 10.1. The van der Waals surface area contributed by atoms with Crippen LogP contribution in [0, 0.1) is 0 Å². The van der Waals surface area contributed by atoms with Gasteiger partial charge in [-0.1, -0.05) is 42.5 Å². The van der Waals surface area contributed by atoms with Crippen molar-refractivity contribution in [3.63, 3.8) is 0 Å². The Morgan fingerprint density at radius 3 is 2.15 bits per heavy atom. The molecule has 0 fully saturated rings. The van der Waals surface area contributed by atoms with Crippen LogP contribution in [0.5, 0.6) is 0 Å². The van der Waals surface area contributed by atoms with Crippen LogP contribution in [0.1, 0.15) is 24.1 Å². The molecule has 0 amide bonds. The summed E-state index contributed by atoms with van der Waals surface area (Å²) < 4.78 is 22.8. The Kier molecular flexibility index (Phi) is 4.57. The van der Waals surface area contributed by atoms with Gasteiger partial charge >= 0.3 is 0 Å². The largest absolute Gasteiger partial charge is 0.306 e. The summed E-state index contributed by atoms with van der Waals surface area (Å²) in [5, 5.41) is 3.42. The van der Waals surface area contributed by atoms with Crippen LogP contribution >= 0.6 is 0 Å². The Hall–Kier alpha value is -1.65. The average Bonchev–Trinajstić information content (AvgIpc) is 2.45. The molecular formula is C16H19NO2S. The predicted molar refractivity (Wildman–Crippen MR) is 81.2 cm³/mol. The molecule has 0 heterocycles. The van der Waals surface area contributed by atoms with Crippen LogP contribution in [0.15, 0.2) is 59.5 Å². The number of sulfone groups is 1. The number of rotatable bonds is 5. The van der Waals surface area contributed by atoms with E-state index < -0.39 is 9.84 Å². The fourth-order valence-electron chi connectivity index (χ4n) is 1.99. The van der Waals surface area contributed by atoms with Gasteiger partial charge in [0, 0.05) is 18.8 Å². The Morgan fingerprint density at radius 1 is 1.00 bits per heavy atom. The molecule has 0 saturated heterocycles. The van der Waals surface area contributed by atoms with Gasteiger partial charge in [0.05, 0.1) is 4.90 Å². The molecular weight excluding hydrogens is 270 g/mol. The van der Waals surface area contributed by atoms with Crippen LogP contribution in [-0.2, 0) is 16.4 Å². The lowest BCUT2D eigenvalue weighted by Crippen LogP contribution is -2.18. The highest BCUT2D eigenvalue weighted by molar-refractivity contribution is 7.90. The van der Waals surface area contributed by atoms with Crippen molar-refractivity contribution in [2.75, 3.05) is 6.26 Å². The van der Waals surface area contributed by atoms with Crippen LogP contribution in [0.2, 0.25) is 0 Å². The third kappa shape index (κ3) is 3.92. The predicted octanol–water partition coefficient (Wildman–Crippen LogP) is 2.94. The van der Waals surface area contributed by atoms with E-state index in [1.165, 1.54) is 11.8 Å². The Morgan fingerprint density at radius 2 is 1.60 bits per heavy atom. The third-order valence-corrected chi connectivity index (χ3v) is 4.39. The monoisotopic (exact) mass is 289 g/mol. The molecule has 0 aliphatic carbocycles. The second kappa shape index (κ2) is 6.20. The van der Waals surface area contributed by atoms with Gasteiger partial charge in [-0.3, -0.25) is 0 Å². The molecule has 4 heteroatoms. The molecule has 2 aromatic carbocycles. The van der Waals surface area contributed by atoms with Gasteiger partial charge in [-0.05, 0) is 30.2 Å². The van der Waals surface area contributed by atoms with Crippen LogP contribution in [-0.4, -0.2) is 14.7 Å². The van der Waals surface area contributed by atoms with Crippen molar-refractivity contribution in [2.45, 2.75) is 24.4 Å². The standard InChI is InChI=1S/C16H19NO2S/c1-13(17-12-14-6-4-3-5-7-14)15-8-10-16(11-9-15)20(2,18)19/h3-11,13,17H,12H2,1-2H3. The molecule has 3 nitrogen and oxygen atoms in total. The Bertz CT molecular complexity index is 649. The first-order valence-electron chi connectivity index (χ1n) is 6.54. The molecule has 1 unspecified atom stereocenters. The minimum atomic E-state index is -3.12. The van der Waals surface area contributed by atoms with Gasteiger partial charge in [-0.15, -0.1) is 0 Å². The van der Waals surface area contributed by atoms with E-state index in [0.717, 1.165) is 12.1 Å². The van der Waals surface area contributed by atoms with E-state index >= 15 is 0 Å². The number of hydrogen-bond donors (Lipinski definition) is 1. The normalized spacial score (nSPS) is 13.1. The number of hydrogen-bond acceptors (Lipinski definition) is 3. The van der Waals surface area contributed by atoms with Crippen molar-refractivity contribution < 1.29 is 8.42 Å². The molecule has 0 aromatic heterocycles.